The zero-order valence-corrected chi connectivity index (χ0v) is 13.3. The van der Waals surface area contributed by atoms with Gasteiger partial charge in [0.1, 0.15) is 0 Å². The van der Waals surface area contributed by atoms with E-state index in [9.17, 15) is 9.59 Å². The third-order valence-electron chi connectivity index (χ3n) is 4.94. The SMILES string of the molecule is CC1CCN([C@H]2CCN(C(=O)[CH]CC(C)C(N)=O)C2)CC1. The van der Waals surface area contributed by atoms with E-state index in [1.807, 2.05) is 4.90 Å². The van der Waals surface area contributed by atoms with Gasteiger partial charge in [0.25, 0.3) is 0 Å². The molecule has 0 aromatic rings. The van der Waals surface area contributed by atoms with Gasteiger partial charge in [-0.1, -0.05) is 13.8 Å². The summed E-state index contributed by atoms with van der Waals surface area (Å²) in [6, 6.07) is 0.517. The molecule has 0 aromatic carbocycles. The lowest BCUT2D eigenvalue weighted by molar-refractivity contribution is -0.127. The fourth-order valence-electron chi connectivity index (χ4n) is 3.16. The predicted octanol–water partition coefficient (Wildman–Crippen LogP) is 1.03. The first-order valence-corrected chi connectivity index (χ1v) is 8.13. The first kappa shape index (κ1) is 16.3. The number of nitrogens with zero attached hydrogens (tertiary/aromatic N) is 2. The number of hydrogen-bond donors (Lipinski definition) is 1. The highest BCUT2D eigenvalue weighted by atomic mass is 16.2. The van der Waals surface area contributed by atoms with E-state index in [0.29, 0.717) is 12.5 Å². The maximum absolute atomic E-state index is 12.2. The lowest BCUT2D eigenvalue weighted by atomic mass is 9.98. The molecule has 0 saturated carbocycles. The number of carbonyl (C=O) groups is 2. The molecule has 2 atom stereocenters. The summed E-state index contributed by atoms with van der Waals surface area (Å²) in [4.78, 5) is 27.6. The molecule has 21 heavy (non-hydrogen) atoms. The zero-order valence-electron chi connectivity index (χ0n) is 13.3. The Bertz CT molecular complexity index is 378. The Morgan fingerprint density at radius 2 is 1.90 bits per heavy atom. The number of amides is 2. The van der Waals surface area contributed by atoms with Crippen molar-refractivity contribution in [2.75, 3.05) is 26.2 Å². The Morgan fingerprint density at radius 3 is 2.52 bits per heavy atom. The minimum atomic E-state index is -0.346. The van der Waals surface area contributed by atoms with E-state index in [0.717, 1.165) is 38.5 Å². The third kappa shape index (κ3) is 4.43. The van der Waals surface area contributed by atoms with Crippen molar-refractivity contribution < 1.29 is 9.59 Å². The summed E-state index contributed by atoms with van der Waals surface area (Å²) in [5.74, 6) is 0.275. The van der Waals surface area contributed by atoms with E-state index >= 15 is 0 Å². The molecule has 2 N–H and O–H groups in total. The Kier molecular flexibility index (Phi) is 5.62. The Hall–Kier alpha value is -1.10. The molecule has 0 aromatic heterocycles. The van der Waals surface area contributed by atoms with Crippen LogP contribution in [0.25, 0.3) is 0 Å². The molecule has 0 spiro atoms. The van der Waals surface area contributed by atoms with Crippen LogP contribution in [0.2, 0.25) is 0 Å². The molecule has 1 unspecified atom stereocenters. The van der Waals surface area contributed by atoms with Crippen molar-refractivity contribution in [2.45, 2.75) is 45.6 Å². The van der Waals surface area contributed by atoms with E-state index in [1.165, 1.54) is 12.8 Å². The van der Waals surface area contributed by atoms with Crippen LogP contribution in [0.15, 0.2) is 0 Å². The number of primary amides is 1. The monoisotopic (exact) mass is 294 g/mol. The van der Waals surface area contributed by atoms with Crippen LogP contribution in [-0.4, -0.2) is 53.8 Å². The van der Waals surface area contributed by atoms with Crippen molar-refractivity contribution in [3.63, 3.8) is 0 Å². The summed E-state index contributed by atoms with van der Waals surface area (Å²) in [7, 11) is 0. The largest absolute Gasteiger partial charge is 0.369 e. The first-order valence-electron chi connectivity index (χ1n) is 8.13. The first-order chi connectivity index (χ1) is 9.97. The van der Waals surface area contributed by atoms with E-state index in [-0.39, 0.29) is 17.7 Å². The summed E-state index contributed by atoms with van der Waals surface area (Å²) in [6.45, 7) is 8.06. The van der Waals surface area contributed by atoms with Gasteiger partial charge in [-0.25, -0.2) is 0 Å². The third-order valence-corrected chi connectivity index (χ3v) is 4.94. The van der Waals surface area contributed by atoms with Crippen LogP contribution in [-0.2, 0) is 9.59 Å². The topological polar surface area (TPSA) is 66.6 Å². The molecular weight excluding hydrogens is 266 g/mol. The van der Waals surface area contributed by atoms with E-state index in [1.54, 1.807) is 13.3 Å². The number of carbonyl (C=O) groups excluding carboxylic acids is 2. The maximum atomic E-state index is 12.2. The van der Waals surface area contributed by atoms with Gasteiger partial charge in [-0.15, -0.1) is 0 Å². The second kappa shape index (κ2) is 7.25. The summed E-state index contributed by atoms with van der Waals surface area (Å²) in [5.41, 5.74) is 5.22. The normalized spacial score (nSPS) is 26.0. The van der Waals surface area contributed by atoms with Crippen LogP contribution in [0, 0.1) is 18.3 Å². The number of nitrogens with two attached hydrogens (primary N) is 1. The van der Waals surface area contributed by atoms with Gasteiger partial charge in [0.15, 0.2) is 0 Å². The van der Waals surface area contributed by atoms with Crippen LogP contribution in [0.3, 0.4) is 0 Å². The summed E-state index contributed by atoms with van der Waals surface area (Å²) < 4.78 is 0. The van der Waals surface area contributed by atoms with Gasteiger partial charge in [-0.05, 0) is 44.7 Å². The van der Waals surface area contributed by atoms with Gasteiger partial charge >= 0.3 is 0 Å². The molecule has 2 saturated heterocycles. The standard InChI is InChI=1S/C16H28N3O2/c1-12-5-8-18(9-6-12)14-7-10-19(11-14)15(20)4-3-13(2)16(17)21/h4,12-14H,3,5-11H2,1-2H3,(H2,17,21)/t13?,14-/m0/s1. The molecule has 1 radical (unpaired) electrons. The minimum Gasteiger partial charge on any atom is -0.369 e. The lowest BCUT2D eigenvalue weighted by Gasteiger charge is -2.34. The van der Waals surface area contributed by atoms with Gasteiger partial charge in [0.05, 0.1) is 6.42 Å². The van der Waals surface area contributed by atoms with Crippen LogP contribution in [0.4, 0.5) is 0 Å². The molecule has 2 aliphatic rings. The molecule has 2 heterocycles. The molecule has 119 valence electrons. The van der Waals surface area contributed by atoms with Crippen molar-refractivity contribution in [2.24, 2.45) is 17.6 Å². The molecule has 5 heteroatoms. The zero-order chi connectivity index (χ0) is 15.4. The fourth-order valence-corrected chi connectivity index (χ4v) is 3.16. The number of rotatable bonds is 5. The highest BCUT2D eigenvalue weighted by Crippen LogP contribution is 2.23. The maximum Gasteiger partial charge on any atom is 0.226 e. The summed E-state index contributed by atoms with van der Waals surface area (Å²) in [5, 5.41) is 0. The van der Waals surface area contributed by atoms with Crippen LogP contribution >= 0.6 is 0 Å². The average molecular weight is 294 g/mol. The molecule has 2 rings (SSSR count). The van der Waals surface area contributed by atoms with Crippen molar-refractivity contribution in [3.05, 3.63) is 6.42 Å². The smallest absolute Gasteiger partial charge is 0.226 e. The predicted molar refractivity (Wildman–Crippen MR) is 82.2 cm³/mol. The Labute approximate surface area is 127 Å². The van der Waals surface area contributed by atoms with Gasteiger partial charge in [0.2, 0.25) is 11.8 Å². The highest BCUT2D eigenvalue weighted by molar-refractivity contribution is 5.86. The molecule has 5 nitrogen and oxygen atoms in total. The Morgan fingerprint density at radius 1 is 1.24 bits per heavy atom. The van der Waals surface area contributed by atoms with Crippen LogP contribution in [0.5, 0.6) is 0 Å². The fraction of sp³-hybridized carbons (Fsp3) is 0.812. The van der Waals surface area contributed by atoms with Crippen LogP contribution < -0.4 is 5.73 Å². The molecule has 2 amide bonds. The molecule has 0 aliphatic carbocycles. The van der Waals surface area contributed by atoms with Gasteiger partial charge in [-0.3, -0.25) is 14.5 Å². The average Bonchev–Trinajstić information content (AvgIpc) is 2.94. The minimum absolute atomic E-state index is 0.0518. The molecular formula is C16H28N3O2. The van der Waals surface area contributed by atoms with E-state index in [2.05, 4.69) is 11.8 Å². The number of likely N-dealkylation sites (tertiary alicyclic amines) is 2. The van der Waals surface area contributed by atoms with Gasteiger partial charge < -0.3 is 10.6 Å². The second-order valence-electron chi connectivity index (χ2n) is 6.69. The highest BCUT2D eigenvalue weighted by Gasteiger charge is 2.31. The van der Waals surface area contributed by atoms with E-state index < -0.39 is 0 Å². The quantitative estimate of drug-likeness (QED) is 0.823. The molecule has 2 fully saturated rings. The van der Waals surface area contributed by atoms with Crippen molar-refractivity contribution in [3.8, 4) is 0 Å². The summed E-state index contributed by atoms with van der Waals surface area (Å²) in [6.07, 6.45) is 5.67. The number of hydrogen-bond acceptors (Lipinski definition) is 3. The van der Waals surface area contributed by atoms with Crippen molar-refractivity contribution in [1.29, 1.82) is 0 Å². The summed E-state index contributed by atoms with van der Waals surface area (Å²) >= 11 is 0. The van der Waals surface area contributed by atoms with Crippen LogP contribution in [0.1, 0.15) is 39.5 Å². The molecule has 2 aliphatic heterocycles. The molecule has 0 bridgehead atoms. The van der Waals surface area contributed by atoms with Crippen molar-refractivity contribution >= 4 is 11.8 Å². The van der Waals surface area contributed by atoms with Crippen molar-refractivity contribution in [1.82, 2.24) is 9.80 Å². The van der Waals surface area contributed by atoms with Gasteiger partial charge in [-0.2, -0.15) is 0 Å². The number of piperidine rings is 1. The Balaban J connectivity index is 1.74. The second-order valence-corrected chi connectivity index (χ2v) is 6.69. The van der Waals surface area contributed by atoms with Gasteiger partial charge in [0, 0.05) is 25.0 Å². The van der Waals surface area contributed by atoms with E-state index in [4.69, 9.17) is 5.73 Å². The lowest BCUT2D eigenvalue weighted by Crippen LogP contribution is -2.43.